The highest BCUT2D eigenvalue weighted by molar-refractivity contribution is 5.42. The zero-order chi connectivity index (χ0) is 13.0. The van der Waals surface area contributed by atoms with Crippen molar-refractivity contribution in [3.63, 3.8) is 0 Å². The van der Waals surface area contributed by atoms with E-state index in [1.165, 1.54) is 6.07 Å². The first-order chi connectivity index (χ1) is 8.42. The van der Waals surface area contributed by atoms with Crippen LogP contribution in [0, 0.1) is 0 Å². The Bertz CT molecular complexity index is 486. The quantitative estimate of drug-likeness (QED) is 0.771. The Morgan fingerprint density at radius 1 is 1.39 bits per heavy atom. The minimum absolute atomic E-state index is 0.00329. The monoisotopic (exact) mass is 257 g/mol. The summed E-state index contributed by atoms with van der Waals surface area (Å²) in [6.07, 6.45) is -4.31. The number of halogens is 3. The smallest absolute Gasteiger partial charge is 0.369 e. The Balaban J connectivity index is 2.12. The topological polar surface area (TPSA) is 21.3 Å². The molecule has 18 heavy (non-hydrogen) atoms. The summed E-state index contributed by atoms with van der Waals surface area (Å²) in [7, 11) is 0. The number of nitrogens with one attached hydrogen (secondary N) is 1. The molecule has 1 aromatic rings. The van der Waals surface area contributed by atoms with E-state index in [0.717, 1.165) is 11.6 Å². The molecule has 0 radical (unpaired) electrons. The first-order valence-corrected chi connectivity index (χ1v) is 5.95. The molecule has 3 rings (SSSR count). The van der Waals surface area contributed by atoms with Gasteiger partial charge < -0.3 is 10.1 Å². The van der Waals surface area contributed by atoms with Crippen molar-refractivity contribution in [1.29, 1.82) is 0 Å². The number of alkyl halides is 3. The van der Waals surface area contributed by atoms with Crippen LogP contribution in [0.25, 0.3) is 0 Å². The second-order valence-corrected chi connectivity index (χ2v) is 5.16. The number of hydrogen-bond acceptors (Lipinski definition) is 2. The summed E-state index contributed by atoms with van der Waals surface area (Å²) in [6.45, 7) is 3.36. The summed E-state index contributed by atoms with van der Waals surface area (Å²) in [4.78, 5) is 0. The second kappa shape index (κ2) is 3.71. The molecule has 0 aliphatic carbocycles. The Morgan fingerprint density at radius 2 is 2.17 bits per heavy atom. The van der Waals surface area contributed by atoms with Gasteiger partial charge in [-0.25, -0.2) is 0 Å². The van der Waals surface area contributed by atoms with Crippen molar-refractivity contribution in [1.82, 2.24) is 5.32 Å². The van der Waals surface area contributed by atoms with Gasteiger partial charge in [0.2, 0.25) is 0 Å². The lowest BCUT2D eigenvalue weighted by Crippen LogP contribution is -2.40. The Morgan fingerprint density at radius 3 is 2.89 bits per heavy atom. The number of rotatable bonds is 0. The van der Waals surface area contributed by atoms with E-state index in [1.54, 1.807) is 6.07 Å². The molecule has 1 aromatic carbocycles. The average Bonchev–Trinajstić information content (AvgIpc) is 2.69. The Labute approximate surface area is 103 Å². The molecule has 1 saturated heterocycles. The van der Waals surface area contributed by atoms with E-state index in [9.17, 15) is 13.2 Å². The standard InChI is InChI=1S/C13H14F3NO/c1-12-7-17-5-11(12)8-3-2-4-10(13(14,15)16)9(8)6-18-12/h2-4,11,17H,5-7H2,1H3/t11-,12-/m1/s1. The van der Waals surface area contributed by atoms with Crippen molar-refractivity contribution in [3.8, 4) is 0 Å². The van der Waals surface area contributed by atoms with Gasteiger partial charge in [-0.05, 0) is 24.1 Å². The molecular weight excluding hydrogens is 243 g/mol. The van der Waals surface area contributed by atoms with Gasteiger partial charge in [0.1, 0.15) is 0 Å². The van der Waals surface area contributed by atoms with Gasteiger partial charge in [0.15, 0.2) is 0 Å². The molecule has 2 heterocycles. The highest BCUT2D eigenvalue weighted by Gasteiger charge is 2.46. The summed E-state index contributed by atoms with van der Waals surface area (Å²) in [5.41, 5.74) is 0.144. The normalized spacial score (nSPS) is 31.0. The molecule has 1 N–H and O–H groups in total. The van der Waals surface area contributed by atoms with E-state index < -0.39 is 11.7 Å². The number of fused-ring (bicyclic) bond motifs is 3. The third-order valence-corrected chi connectivity index (χ3v) is 4.00. The van der Waals surface area contributed by atoms with Crippen molar-refractivity contribution in [2.75, 3.05) is 13.1 Å². The first kappa shape index (κ1) is 12.0. The molecule has 2 aliphatic heterocycles. The second-order valence-electron chi connectivity index (χ2n) is 5.16. The third kappa shape index (κ3) is 1.65. The van der Waals surface area contributed by atoms with Crippen LogP contribution in [-0.4, -0.2) is 18.7 Å². The van der Waals surface area contributed by atoms with Gasteiger partial charge in [-0.3, -0.25) is 0 Å². The largest absolute Gasteiger partial charge is 0.416 e. The van der Waals surface area contributed by atoms with Crippen LogP contribution < -0.4 is 5.32 Å². The van der Waals surface area contributed by atoms with E-state index in [4.69, 9.17) is 4.74 Å². The van der Waals surface area contributed by atoms with Gasteiger partial charge in [0, 0.05) is 19.0 Å². The maximum Gasteiger partial charge on any atom is 0.416 e. The first-order valence-electron chi connectivity index (χ1n) is 5.95. The number of benzene rings is 1. The van der Waals surface area contributed by atoms with Crippen molar-refractivity contribution in [2.45, 2.75) is 31.2 Å². The van der Waals surface area contributed by atoms with Crippen LogP contribution in [0.1, 0.15) is 29.5 Å². The van der Waals surface area contributed by atoms with Gasteiger partial charge in [-0.1, -0.05) is 12.1 Å². The van der Waals surface area contributed by atoms with E-state index in [1.807, 2.05) is 6.92 Å². The molecule has 0 unspecified atom stereocenters. The molecule has 2 aliphatic rings. The average molecular weight is 257 g/mol. The fraction of sp³-hybridized carbons (Fsp3) is 0.538. The highest BCUT2D eigenvalue weighted by atomic mass is 19.4. The minimum Gasteiger partial charge on any atom is -0.369 e. The van der Waals surface area contributed by atoms with Crippen LogP contribution in [0.15, 0.2) is 18.2 Å². The van der Waals surface area contributed by atoms with Crippen molar-refractivity contribution in [2.24, 2.45) is 0 Å². The molecule has 2 atom stereocenters. The van der Waals surface area contributed by atoms with Gasteiger partial charge in [-0.15, -0.1) is 0 Å². The summed E-state index contributed by atoms with van der Waals surface area (Å²) < 4.78 is 44.5. The summed E-state index contributed by atoms with van der Waals surface area (Å²) >= 11 is 0. The molecular formula is C13H14F3NO. The Kier molecular flexibility index (Phi) is 2.47. The van der Waals surface area contributed by atoms with Crippen molar-refractivity contribution in [3.05, 3.63) is 34.9 Å². The van der Waals surface area contributed by atoms with E-state index in [-0.39, 0.29) is 18.1 Å². The van der Waals surface area contributed by atoms with Crippen LogP contribution in [-0.2, 0) is 17.5 Å². The fourth-order valence-electron chi connectivity index (χ4n) is 2.99. The molecule has 0 aromatic heterocycles. The van der Waals surface area contributed by atoms with Crippen LogP contribution in [0.4, 0.5) is 13.2 Å². The lowest BCUT2D eigenvalue weighted by atomic mass is 9.80. The zero-order valence-electron chi connectivity index (χ0n) is 9.97. The SMILES string of the molecule is C[C@@]12CNC[C@@H]1c1cccc(C(F)(F)F)c1CO2. The third-order valence-electron chi connectivity index (χ3n) is 4.00. The molecule has 2 nitrogen and oxygen atoms in total. The van der Waals surface area contributed by atoms with E-state index >= 15 is 0 Å². The molecule has 1 fully saturated rings. The Hall–Kier alpha value is -1.07. The predicted octanol–water partition coefficient (Wildman–Crippen LogP) is 2.68. The van der Waals surface area contributed by atoms with Crippen molar-refractivity contribution >= 4 is 0 Å². The molecule has 0 saturated carbocycles. The van der Waals surface area contributed by atoms with E-state index in [2.05, 4.69) is 5.32 Å². The lowest BCUT2D eigenvalue weighted by molar-refractivity contribution is -0.140. The van der Waals surface area contributed by atoms with Crippen molar-refractivity contribution < 1.29 is 17.9 Å². The number of hydrogen-bond donors (Lipinski definition) is 1. The lowest BCUT2D eigenvalue weighted by Gasteiger charge is -2.38. The maximum atomic E-state index is 12.9. The molecule has 0 spiro atoms. The maximum absolute atomic E-state index is 12.9. The van der Waals surface area contributed by atoms with Crippen LogP contribution in [0.3, 0.4) is 0 Å². The number of ether oxygens (including phenoxy) is 1. The zero-order valence-corrected chi connectivity index (χ0v) is 9.97. The van der Waals surface area contributed by atoms with Gasteiger partial charge >= 0.3 is 6.18 Å². The fourth-order valence-corrected chi connectivity index (χ4v) is 2.99. The minimum atomic E-state index is -4.31. The van der Waals surface area contributed by atoms with Gasteiger partial charge in [0.25, 0.3) is 0 Å². The highest BCUT2D eigenvalue weighted by Crippen LogP contribution is 2.44. The molecule has 0 amide bonds. The van der Waals surface area contributed by atoms with Gasteiger partial charge in [-0.2, -0.15) is 13.2 Å². The van der Waals surface area contributed by atoms with Gasteiger partial charge in [0.05, 0.1) is 17.8 Å². The molecule has 5 heteroatoms. The molecule has 98 valence electrons. The van der Waals surface area contributed by atoms with Crippen LogP contribution >= 0.6 is 0 Å². The van der Waals surface area contributed by atoms with E-state index in [0.29, 0.717) is 18.7 Å². The van der Waals surface area contributed by atoms with Crippen LogP contribution in [0.2, 0.25) is 0 Å². The summed E-state index contributed by atoms with van der Waals surface area (Å²) in [5, 5.41) is 3.20. The summed E-state index contributed by atoms with van der Waals surface area (Å²) in [5.74, 6) is 0.00329. The predicted molar refractivity (Wildman–Crippen MR) is 60.2 cm³/mol. The van der Waals surface area contributed by atoms with Crippen LogP contribution in [0.5, 0.6) is 0 Å². The summed E-state index contributed by atoms with van der Waals surface area (Å²) in [6, 6.07) is 4.42. The molecule has 0 bridgehead atoms.